The van der Waals surface area contributed by atoms with Gasteiger partial charge in [0.2, 0.25) is 0 Å². The fourth-order valence-electron chi connectivity index (χ4n) is 7.69. The molecular formula is C33H40N4O4S. The number of hydrogen-bond acceptors (Lipinski definition) is 5. The molecular weight excluding hydrogens is 548 g/mol. The molecule has 42 heavy (non-hydrogen) atoms. The summed E-state index contributed by atoms with van der Waals surface area (Å²) >= 11 is 0. The van der Waals surface area contributed by atoms with Gasteiger partial charge in [0.25, 0.3) is 5.91 Å². The summed E-state index contributed by atoms with van der Waals surface area (Å²) < 4.78 is 37.6. The van der Waals surface area contributed by atoms with Gasteiger partial charge >= 0.3 is 10.2 Å². The number of nitrogens with one attached hydrogen (secondary N) is 2. The zero-order valence-corrected chi connectivity index (χ0v) is 25.3. The van der Waals surface area contributed by atoms with Crippen molar-refractivity contribution >= 4 is 27.0 Å². The molecule has 2 N–H and O–H groups in total. The van der Waals surface area contributed by atoms with Gasteiger partial charge < -0.3 is 14.6 Å². The van der Waals surface area contributed by atoms with Gasteiger partial charge in [-0.1, -0.05) is 37.5 Å². The predicted molar refractivity (Wildman–Crippen MR) is 165 cm³/mol. The fraction of sp³-hybridized carbons (Fsp3) is 0.485. The Morgan fingerprint density at radius 1 is 1.05 bits per heavy atom. The first-order valence-corrected chi connectivity index (χ1v) is 16.7. The third kappa shape index (κ3) is 4.66. The molecule has 2 unspecified atom stereocenters. The van der Waals surface area contributed by atoms with Crippen LogP contribution >= 0.6 is 0 Å². The Morgan fingerprint density at radius 2 is 1.88 bits per heavy atom. The number of methoxy groups -OCH3 is 1. The van der Waals surface area contributed by atoms with Gasteiger partial charge in [-0.15, -0.1) is 0 Å². The topological polar surface area (TPSA) is 92.7 Å². The zero-order chi connectivity index (χ0) is 29.1. The second kappa shape index (κ2) is 10.5. The molecule has 2 saturated carbocycles. The number of likely N-dealkylation sites (N-methyl/N-ethyl adjacent to an activating group) is 1. The van der Waals surface area contributed by atoms with Crippen LogP contribution < -0.4 is 14.8 Å². The van der Waals surface area contributed by atoms with Crippen LogP contribution in [0.4, 0.5) is 0 Å². The molecule has 222 valence electrons. The number of carbonyl (C=O) groups is 1. The molecule has 9 heteroatoms. The summed E-state index contributed by atoms with van der Waals surface area (Å²) in [5, 5.41) is 4.91. The molecule has 3 heterocycles. The number of rotatable bonds is 2. The quantitative estimate of drug-likeness (QED) is 0.396. The van der Waals surface area contributed by atoms with Crippen molar-refractivity contribution in [1.29, 1.82) is 0 Å². The SMILES string of the molecule is COc1ccc2c(c1)C1CC13CNCCC=CCN(C)S(=O)(=O)NC(=O)c1ccc4c(C5CCCCC5)c-2n(c4c1)C3. The molecule has 2 aliphatic carbocycles. The Hall–Kier alpha value is -3.14. The summed E-state index contributed by atoms with van der Waals surface area (Å²) in [6, 6.07) is 12.3. The van der Waals surface area contributed by atoms with Gasteiger partial charge in [-0.05, 0) is 85.5 Å². The van der Waals surface area contributed by atoms with Gasteiger partial charge in [0.1, 0.15) is 5.75 Å². The number of nitrogens with zero attached hydrogens (tertiary/aromatic N) is 2. The van der Waals surface area contributed by atoms with E-state index in [4.69, 9.17) is 4.74 Å². The molecule has 2 fully saturated rings. The van der Waals surface area contributed by atoms with Crippen molar-refractivity contribution in [2.45, 2.75) is 63.3 Å². The van der Waals surface area contributed by atoms with Crippen LogP contribution in [-0.2, 0) is 16.8 Å². The lowest BCUT2D eigenvalue weighted by Crippen LogP contribution is -2.41. The molecule has 1 aromatic heterocycles. The van der Waals surface area contributed by atoms with E-state index in [1.165, 1.54) is 58.4 Å². The van der Waals surface area contributed by atoms with Crippen LogP contribution in [0.25, 0.3) is 22.2 Å². The van der Waals surface area contributed by atoms with Crippen molar-refractivity contribution in [3.05, 3.63) is 65.2 Å². The Morgan fingerprint density at radius 3 is 2.69 bits per heavy atom. The molecule has 0 radical (unpaired) electrons. The van der Waals surface area contributed by atoms with Crippen molar-refractivity contribution < 1.29 is 17.9 Å². The highest BCUT2D eigenvalue weighted by Crippen LogP contribution is 2.65. The molecule has 3 aromatic rings. The summed E-state index contributed by atoms with van der Waals surface area (Å²) in [4.78, 5) is 13.4. The molecule has 4 aliphatic rings. The standard InChI is InChI=1S/C33H40N4O4S/c1-36-16-8-4-7-15-34-20-33-19-28(33)27-18-24(41-2)12-14-25(27)31-30(22-9-5-3-6-10-22)26-13-11-23(17-29(26)37(31)21-33)32(38)35-42(36,39)40/h4,8,11-14,17-18,22,28,34H,3,5-7,9-10,15-16,19-21H2,1-2H3,(H,35,38). The monoisotopic (exact) mass is 588 g/mol. The highest BCUT2D eigenvalue weighted by molar-refractivity contribution is 7.87. The van der Waals surface area contributed by atoms with E-state index in [2.05, 4.69) is 38.9 Å². The average Bonchev–Trinajstić information content (AvgIpc) is 3.63. The predicted octanol–water partition coefficient (Wildman–Crippen LogP) is 5.31. The van der Waals surface area contributed by atoms with Crippen molar-refractivity contribution in [1.82, 2.24) is 18.9 Å². The van der Waals surface area contributed by atoms with Crippen LogP contribution in [0.15, 0.2) is 48.6 Å². The highest BCUT2D eigenvalue weighted by Gasteiger charge is 2.57. The molecule has 1 spiro atoms. The van der Waals surface area contributed by atoms with Crippen molar-refractivity contribution in [3.8, 4) is 17.0 Å². The van der Waals surface area contributed by atoms with Crippen LogP contribution in [0.5, 0.6) is 5.75 Å². The first-order valence-electron chi connectivity index (χ1n) is 15.3. The minimum atomic E-state index is -3.98. The van der Waals surface area contributed by atoms with Gasteiger partial charge in [-0.2, -0.15) is 12.7 Å². The van der Waals surface area contributed by atoms with E-state index >= 15 is 0 Å². The van der Waals surface area contributed by atoms with Gasteiger partial charge in [-0.3, -0.25) is 4.79 Å². The van der Waals surface area contributed by atoms with Gasteiger partial charge in [0.05, 0.1) is 12.8 Å². The van der Waals surface area contributed by atoms with E-state index in [0.717, 1.165) is 56.6 Å². The summed E-state index contributed by atoms with van der Waals surface area (Å²) in [5.74, 6) is 1.16. The number of carbonyl (C=O) groups excluding carboxylic acids is 1. The molecule has 0 saturated heterocycles. The Kier molecular flexibility index (Phi) is 6.95. The molecule has 8 nitrogen and oxygen atoms in total. The number of aromatic nitrogens is 1. The third-order valence-corrected chi connectivity index (χ3v) is 11.5. The smallest absolute Gasteiger partial charge is 0.304 e. The second-order valence-electron chi connectivity index (χ2n) is 12.6. The molecule has 4 bridgehead atoms. The molecule has 2 aliphatic heterocycles. The molecule has 2 aromatic carbocycles. The van der Waals surface area contributed by atoms with E-state index in [-0.39, 0.29) is 12.0 Å². The van der Waals surface area contributed by atoms with Crippen LogP contribution in [0.3, 0.4) is 0 Å². The molecule has 2 atom stereocenters. The summed E-state index contributed by atoms with van der Waals surface area (Å²) in [7, 11) is -0.763. The van der Waals surface area contributed by atoms with E-state index in [1.807, 2.05) is 18.2 Å². The third-order valence-electron chi connectivity index (χ3n) is 10.1. The minimum absolute atomic E-state index is 0.0572. The van der Waals surface area contributed by atoms with Crippen LogP contribution in [0.1, 0.15) is 78.3 Å². The Balaban J connectivity index is 1.45. The van der Waals surface area contributed by atoms with E-state index in [9.17, 15) is 13.2 Å². The minimum Gasteiger partial charge on any atom is -0.497 e. The first kappa shape index (κ1) is 27.7. The van der Waals surface area contributed by atoms with Crippen LogP contribution in [0.2, 0.25) is 0 Å². The number of fused-ring (bicyclic) bond motifs is 4. The number of amides is 1. The lowest BCUT2D eigenvalue weighted by molar-refractivity contribution is 0.0979. The Labute approximate surface area is 248 Å². The summed E-state index contributed by atoms with van der Waals surface area (Å²) in [5.41, 5.74) is 6.71. The molecule has 7 rings (SSSR count). The van der Waals surface area contributed by atoms with Gasteiger partial charge in [0.15, 0.2) is 0 Å². The van der Waals surface area contributed by atoms with Crippen molar-refractivity contribution in [3.63, 3.8) is 0 Å². The normalized spacial score (nSPS) is 26.3. The number of hydrogen-bond donors (Lipinski definition) is 2. The van der Waals surface area contributed by atoms with Gasteiger partial charge in [0, 0.05) is 54.1 Å². The van der Waals surface area contributed by atoms with Gasteiger partial charge in [-0.25, -0.2) is 4.72 Å². The van der Waals surface area contributed by atoms with Crippen molar-refractivity contribution in [2.75, 3.05) is 33.8 Å². The highest BCUT2D eigenvalue weighted by atomic mass is 32.2. The lowest BCUT2D eigenvalue weighted by Gasteiger charge is -2.24. The van der Waals surface area contributed by atoms with E-state index in [0.29, 0.717) is 17.4 Å². The van der Waals surface area contributed by atoms with Crippen molar-refractivity contribution in [2.24, 2.45) is 5.41 Å². The number of ether oxygens (including phenoxy) is 1. The molecule has 1 amide bonds. The maximum absolute atomic E-state index is 13.4. The van der Waals surface area contributed by atoms with Crippen LogP contribution in [-0.4, -0.2) is 57.0 Å². The maximum atomic E-state index is 13.4. The van der Waals surface area contributed by atoms with E-state index in [1.54, 1.807) is 13.2 Å². The lowest BCUT2D eigenvalue weighted by atomic mass is 9.81. The average molecular weight is 589 g/mol. The van der Waals surface area contributed by atoms with Crippen LogP contribution in [0, 0.1) is 5.41 Å². The largest absolute Gasteiger partial charge is 0.497 e. The summed E-state index contributed by atoms with van der Waals surface area (Å²) in [6.45, 7) is 2.76. The number of benzene rings is 2. The van der Waals surface area contributed by atoms with E-state index < -0.39 is 16.1 Å². The second-order valence-corrected chi connectivity index (χ2v) is 14.4. The maximum Gasteiger partial charge on any atom is 0.304 e. The first-order chi connectivity index (χ1) is 20.3. The summed E-state index contributed by atoms with van der Waals surface area (Å²) in [6.07, 6.45) is 11.8. The fourth-order valence-corrected chi connectivity index (χ4v) is 8.48. The zero-order valence-electron chi connectivity index (χ0n) is 24.5. The Bertz CT molecular complexity index is 1690.